The van der Waals surface area contributed by atoms with Crippen molar-refractivity contribution in [2.75, 3.05) is 29.9 Å². The van der Waals surface area contributed by atoms with Crippen LogP contribution in [0.3, 0.4) is 0 Å². The minimum absolute atomic E-state index is 0.0830. The minimum Gasteiger partial charge on any atom is -0.396 e. The Morgan fingerprint density at radius 3 is 2.48 bits per heavy atom. The summed E-state index contributed by atoms with van der Waals surface area (Å²) in [5, 5.41) is 35.2. The summed E-state index contributed by atoms with van der Waals surface area (Å²) in [7, 11) is 0. The van der Waals surface area contributed by atoms with Crippen molar-refractivity contribution in [2.24, 2.45) is 11.8 Å². The highest BCUT2D eigenvalue weighted by atomic mass is 32.1. The number of nitrogens with one attached hydrogen (secondary N) is 2. The minimum atomic E-state index is -4.26. The molecule has 1 aliphatic carbocycles. The lowest BCUT2D eigenvalue weighted by molar-refractivity contribution is -0.179. The second-order valence-corrected chi connectivity index (χ2v) is 9.48. The van der Waals surface area contributed by atoms with E-state index in [0.717, 1.165) is 0 Å². The summed E-state index contributed by atoms with van der Waals surface area (Å²) in [6.07, 6.45) is -6.55. The Labute approximate surface area is 191 Å². The molecule has 2 aromatic heterocycles. The van der Waals surface area contributed by atoms with E-state index in [2.05, 4.69) is 20.3 Å². The molecule has 1 aliphatic heterocycles. The van der Waals surface area contributed by atoms with Gasteiger partial charge in [0.2, 0.25) is 5.95 Å². The van der Waals surface area contributed by atoms with Crippen LogP contribution in [0.5, 0.6) is 0 Å². The summed E-state index contributed by atoms with van der Waals surface area (Å²) in [5.74, 6) is -1.67. The molecule has 33 heavy (non-hydrogen) atoms. The van der Waals surface area contributed by atoms with E-state index in [1.54, 1.807) is 17.2 Å². The predicted octanol–water partition coefficient (Wildman–Crippen LogP) is 1.50. The Morgan fingerprint density at radius 2 is 1.94 bits per heavy atom. The first-order valence-electron chi connectivity index (χ1n) is 10.7. The van der Waals surface area contributed by atoms with Crippen LogP contribution in [-0.4, -0.2) is 74.4 Å². The second kappa shape index (κ2) is 9.20. The van der Waals surface area contributed by atoms with Crippen molar-refractivity contribution in [3.63, 3.8) is 0 Å². The van der Waals surface area contributed by atoms with E-state index in [-0.39, 0.29) is 56.3 Å². The number of hydrogen-bond acceptors (Lipinski definition) is 9. The van der Waals surface area contributed by atoms with Crippen LogP contribution in [0, 0.1) is 18.8 Å². The SMILES string of the molecule is Cc1csc(-c2c(N[C@@H]3C[C@H](CO)[C@@H](O)[C@H]3O)nc(N3CCC(C(F)(F)F)CC3)[nH]c2=O)n1. The predicted molar refractivity (Wildman–Crippen MR) is 116 cm³/mol. The van der Waals surface area contributed by atoms with Crippen LogP contribution in [0.15, 0.2) is 10.2 Å². The van der Waals surface area contributed by atoms with E-state index in [0.29, 0.717) is 10.7 Å². The Bertz CT molecular complexity index is 1040. The number of thiazole rings is 1. The number of H-pyrrole nitrogens is 1. The fourth-order valence-corrected chi connectivity index (χ4v) is 5.26. The van der Waals surface area contributed by atoms with Crippen LogP contribution in [0.25, 0.3) is 10.6 Å². The molecule has 9 nitrogen and oxygen atoms in total. The maximum absolute atomic E-state index is 13.0. The zero-order valence-electron chi connectivity index (χ0n) is 17.8. The molecule has 4 atom stereocenters. The lowest BCUT2D eigenvalue weighted by Crippen LogP contribution is -2.41. The maximum Gasteiger partial charge on any atom is 0.391 e. The van der Waals surface area contributed by atoms with Crippen molar-refractivity contribution in [1.29, 1.82) is 0 Å². The number of anilines is 2. The fourth-order valence-electron chi connectivity index (χ4n) is 4.43. The molecule has 1 saturated heterocycles. The summed E-state index contributed by atoms with van der Waals surface area (Å²) in [5.41, 5.74) is 0.341. The molecule has 5 N–H and O–H groups in total. The van der Waals surface area contributed by atoms with Gasteiger partial charge in [-0.3, -0.25) is 9.78 Å². The number of aromatic nitrogens is 3. The Morgan fingerprint density at radius 1 is 1.24 bits per heavy atom. The molecule has 0 unspecified atom stereocenters. The molecule has 2 aromatic rings. The molecule has 0 spiro atoms. The molecule has 1 saturated carbocycles. The van der Waals surface area contributed by atoms with Gasteiger partial charge in [-0.2, -0.15) is 18.2 Å². The van der Waals surface area contributed by atoms with Gasteiger partial charge in [-0.15, -0.1) is 11.3 Å². The van der Waals surface area contributed by atoms with Gasteiger partial charge in [0.15, 0.2) is 0 Å². The van der Waals surface area contributed by atoms with E-state index in [9.17, 15) is 33.3 Å². The smallest absolute Gasteiger partial charge is 0.391 e. The first-order valence-corrected chi connectivity index (χ1v) is 11.6. The van der Waals surface area contributed by atoms with Crippen LogP contribution < -0.4 is 15.8 Å². The first-order chi connectivity index (χ1) is 15.6. The average Bonchev–Trinajstić information content (AvgIpc) is 3.31. The van der Waals surface area contributed by atoms with Gasteiger partial charge in [0.1, 0.15) is 22.5 Å². The van der Waals surface area contributed by atoms with E-state index in [1.165, 1.54) is 11.3 Å². The molecule has 0 aromatic carbocycles. The van der Waals surface area contributed by atoms with Crippen molar-refractivity contribution in [3.05, 3.63) is 21.4 Å². The number of nitrogens with zero attached hydrogens (tertiary/aromatic N) is 3. The van der Waals surface area contributed by atoms with E-state index in [1.807, 2.05) is 0 Å². The third kappa shape index (κ3) is 4.86. The topological polar surface area (TPSA) is 135 Å². The van der Waals surface area contributed by atoms with Crippen LogP contribution in [0.1, 0.15) is 25.0 Å². The van der Waals surface area contributed by atoms with Crippen LogP contribution >= 0.6 is 11.3 Å². The summed E-state index contributed by atoms with van der Waals surface area (Å²) in [6, 6.07) is -0.685. The largest absolute Gasteiger partial charge is 0.396 e. The van der Waals surface area contributed by atoms with Crippen LogP contribution in [0.4, 0.5) is 24.9 Å². The zero-order valence-corrected chi connectivity index (χ0v) is 18.7. The molecule has 0 radical (unpaired) electrons. The summed E-state index contributed by atoms with van der Waals surface area (Å²) in [4.78, 5) is 26.2. The highest BCUT2D eigenvalue weighted by molar-refractivity contribution is 7.13. The van der Waals surface area contributed by atoms with Gasteiger partial charge >= 0.3 is 6.18 Å². The van der Waals surface area contributed by atoms with Gasteiger partial charge in [-0.1, -0.05) is 0 Å². The fraction of sp³-hybridized carbons (Fsp3) is 0.650. The highest BCUT2D eigenvalue weighted by Gasteiger charge is 2.43. The van der Waals surface area contributed by atoms with Crippen molar-refractivity contribution in [3.8, 4) is 10.6 Å². The number of hydrogen-bond donors (Lipinski definition) is 5. The molecule has 0 bridgehead atoms. The number of rotatable bonds is 5. The molecule has 2 fully saturated rings. The number of aliphatic hydroxyl groups excluding tert-OH is 3. The number of halogens is 3. The van der Waals surface area contributed by atoms with Gasteiger partial charge in [0.05, 0.1) is 18.1 Å². The van der Waals surface area contributed by atoms with Crippen molar-refractivity contribution in [2.45, 2.75) is 50.6 Å². The Balaban J connectivity index is 1.66. The Hall–Kier alpha value is -2.22. The van der Waals surface area contributed by atoms with E-state index in [4.69, 9.17) is 0 Å². The van der Waals surface area contributed by atoms with Crippen LogP contribution in [0.2, 0.25) is 0 Å². The number of alkyl halides is 3. The number of piperidine rings is 1. The molecule has 2 aliphatic rings. The van der Waals surface area contributed by atoms with Gasteiger partial charge in [-0.05, 0) is 26.2 Å². The summed E-state index contributed by atoms with van der Waals surface area (Å²) in [6.45, 7) is 1.63. The molecule has 4 rings (SSSR count). The number of aromatic amines is 1. The standard InChI is InChI=1S/C20H26F3N5O4S/c1-9-8-33-18(24-9)13-16(25-12-6-10(7-29)14(30)15(12)31)26-19(27-17(13)32)28-4-2-11(3-5-28)20(21,22)23/h8,10-12,14-15,29-31H,2-7H2,1H3,(H2,25,26,27,32)/t10-,12-,14-,15+/m1/s1. The van der Waals surface area contributed by atoms with E-state index >= 15 is 0 Å². The molecule has 182 valence electrons. The van der Waals surface area contributed by atoms with Gasteiger partial charge in [0.25, 0.3) is 5.56 Å². The molecule has 3 heterocycles. The maximum atomic E-state index is 13.0. The summed E-state index contributed by atoms with van der Waals surface area (Å²) >= 11 is 1.24. The average molecular weight is 490 g/mol. The van der Waals surface area contributed by atoms with Gasteiger partial charge < -0.3 is 25.5 Å². The van der Waals surface area contributed by atoms with Crippen molar-refractivity contribution >= 4 is 23.1 Å². The number of aryl methyl sites for hydroxylation is 1. The lowest BCUT2D eigenvalue weighted by atomic mass is 9.96. The van der Waals surface area contributed by atoms with E-state index < -0.39 is 41.8 Å². The van der Waals surface area contributed by atoms with Gasteiger partial charge in [0, 0.05) is 36.7 Å². The van der Waals surface area contributed by atoms with Crippen molar-refractivity contribution in [1.82, 2.24) is 15.0 Å². The third-order valence-electron chi connectivity index (χ3n) is 6.36. The third-order valence-corrected chi connectivity index (χ3v) is 7.33. The van der Waals surface area contributed by atoms with Gasteiger partial charge in [-0.25, -0.2) is 4.98 Å². The lowest BCUT2D eigenvalue weighted by Gasteiger charge is -2.33. The second-order valence-electron chi connectivity index (χ2n) is 8.62. The Kier molecular flexibility index (Phi) is 6.67. The monoisotopic (exact) mass is 489 g/mol. The normalized spacial score (nSPS) is 26.7. The first kappa shape index (κ1) is 23.9. The molecule has 0 amide bonds. The molecule has 13 heteroatoms. The zero-order chi connectivity index (χ0) is 23.9. The van der Waals surface area contributed by atoms with Crippen molar-refractivity contribution < 1.29 is 28.5 Å². The van der Waals surface area contributed by atoms with Crippen LogP contribution in [-0.2, 0) is 0 Å². The highest BCUT2D eigenvalue weighted by Crippen LogP contribution is 2.36. The number of aliphatic hydroxyl groups is 3. The molecular weight excluding hydrogens is 463 g/mol. The summed E-state index contributed by atoms with van der Waals surface area (Å²) < 4.78 is 39.1. The molecular formula is C20H26F3N5O4S. The quantitative estimate of drug-likeness (QED) is 0.427.